The van der Waals surface area contributed by atoms with Crippen molar-refractivity contribution in [3.63, 3.8) is 0 Å². The zero-order valence-electron chi connectivity index (χ0n) is 11.6. The number of rotatable bonds is 3. The standard InChI is InChI=1S/C13H21N3OS2/c1-4-5-9-11(14)15-12(16-13(9)17)10-6-18-7(2)8(3)19-10/h7-8,10H,4-6H2,1-3H3,(H3,14,15,16,17). The normalized spacial score (nSPS) is 27.4. The first kappa shape index (κ1) is 14.8. The van der Waals surface area contributed by atoms with E-state index in [1.54, 1.807) is 0 Å². The number of thioether (sulfide) groups is 2. The third-order valence-electron chi connectivity index (χ3n) is 3.42. The van der Waals surface area contributed by atoms with Crippen LogP contribution in [0.25, 0.3) is 0 Å². The lowest BCUT2D eigenvalue weighted by atomic mass is 10.2. The second-order valence-electron chi connectivity index (χ2n) is 4.93. The lowest BCUT2D eigenvalue weighted by molar-refractivity contribution is 0.830. The largest absolute Gasteiger partial charge is 0.383 e. The summed E-state index contributed by atoms with van der Waals surface area (Å²) in [6.07, 6.45) is 1.59. The molecular formula is C13H21N3OS2. The van der Waals surface area contributed by atoms with Crippen molar-refractivity contribution in [1.82, 2.24) is 9.97 Å². The molecule has 3 N–H and O–H groups in total. The molecule has 3 atom stereocenters. The Hall–Kier alpha value is -0.620. The number of hydrogen-bond donors (Lipinski definition) is 2. The van der Waals surface area contributed by atoms with Crippen LogP contribution in [0.2, 0.25) is 0 Å². The maximum absolute atomic E-state index is 12.0. The molecule has 0 spiro atoms. The van der Waals surface area contributed by atoms with Crippen LogP contribution in [0, 0.1) is 0 Å². The highest BCUT2D eigenvalue weighted by Gasteiger charge is 2.28. The lowest BCUT2D eigenvalue weighted by Gasteiger charge is -2.30. The third-order valence-corrected chi connectivity index (χ3v) is 6.82. The van der Waals surface area contributed by atoms with E-state index in [2.05, 4.69) is 23.8 Å². The molecule has 0 amide bonds. The van der Waals surface area contributed by atoms with E-state index in [9.17, 15) is 4.79 Å². The van der Waals surface area contributed by atoms with Gasteiger partial charge in [-0.15, -0.1) is 11.8 Å². The molecule has 6 heteroatoms. The molecule has 4 nitrogen and oxygen atoms in total. The smallest absolute Gasteiger partial charge is 0.256 e. The number of nitrogens with zero attached hydrogens (tertiary/aromatic N) is 1. The Morgan fingerprint density at radius 1 is 1.42 bits per heavy atom. The second-order valence-corrected chi connectivity index (χ2v) is 7.93. The highest BCUT2D eigenvalue weighted by Crippen LogP contribution is 2.43. The molecule has 1 saturated heterocycles. The van der Waals surface area contributed by atoms with Gasteiger partial charge in [0.25, 0.3) is 5.56 Å². The van der Waals surface area contributed by atoms with Crippen LogP contribution in [-0.4, -0.2) is 26.2 Å². The van der Waals surface area contributed by atoms with Gasteiger partial charge in [0.15, 0.2) is 0 Å². The van der Waals surface area contributed by atoms with E-state index in [-0.39, 0.29) is 10.8 Å². The third kappa shape index (κ3) is 3.28. The number of hydrogen-bond acceptors (Lipinski definition) is 5. The van der Waals surface area contributed by atoms with E-state index >= 15 is 0 Å². The molecule has 0 aliphatic carbocycles. The van der Waals surface area contributed by atoms with Gasteiger partial charge in [-0.25, -0.2) is 4.98 Å². The number of nitrogen functional groups attached to an aromatic ring is 1. The fourth-order valence-corrected chi connectivity index (χ4v) is 4.97. The molecule has 106 valence electrons. The lowest BCUT2D eigenvalue weighted by Crippen LogP contribution is -2.26. The van der Waals surface area contributed by atoms with E-state index in [1.165, 1.54) is 0 Å². The molecule has 0 radical (unpaired) electrons. The van der Waals surface area contributed by atoms with E-state index in [1.807, 2.05) is 30.4 Å². The summed E-state index contributed by atoms with van der Waals surface area (Å²) in [4.78, 5) is 19.4. The van der Waals surface area contributed by atoms with Crippen molar-refractivity contribution < 1.29 is 0 Å². The average molecular weight is 299 g/mol. The number of nitrogens with two attached hydrogens (primary N) is 1. The summed E-state index contributed by atoms with van der Waals surface area (Å²) in [5, 5.41) is 1.44. The summed E-state index contributed by atoms with van der Waals surface area (Å²) in [6.45, 7) is 6.50. The first-order chi connectivity index (χ1) is 9.02. The van der Waals surface area contributed by atoms with Gasteiger partial charge in [-0.2, -0.15) is 11.8 Å². The van der Waals surface area contributed by atoms with Crippen molar-refractivity contribution in [2.45, 2.75) is 49.4 Å². The molecule has 2 heterocycles. The first-order valence-electron chi connectivity index (χ1n) is 6.68. The number of nitrogens with one attached hydrogen (secondary N) is 1. The van der Waals surface area contributed by atoms with Crippen molar-refractivity contribution in [1.29, 1.82) is 0 Å². The molecule has 1 aromatic rings. The fourth-order valence-electron chi connectivity index (χ4n) is 2.10. The highest BCUT2D eigenvalue weighted by molar-refractivity contribution is 8.07. The molecule has 19 heavy (non-hydrogen) atoms. The van der Waals surface area contributed by atoms with Crippen LogP contribution in [0.5, 0.6) is 0 Å². The number of H-pyrrole nitrogens is 1. The van der Waals surface area contributed by atoms with Crippen LogP contribution in [0.4, 0.5) is 5.82 Å². The van der Waals surface area contributed by atoms with Gasteiger partial charge < -0.3 is 10.7 Å². The Bertz CT molecular complexity index is 503. The quantitative estimate of drug-likeness (QED) is 0.897. The van der Waals surface area contributed by atoms with Gasteiger partial charge in [0.2, 0.25) is 0 Å². The summed E-state index contributed by atoms with van der Waals surface area (Å²) in [5.74, 6) is 2.11. The first-order valence-corrected chi connectivity index (χ1v) is 8.67. The Morgan fingerprint density at radius 3 is 2.74 bits per heavy atom. The van der Waals surface area contributed by atoms with E-state index < -0.39 is 0 Å². The molecule has 1 aromatic heterocycles. The zero-order valence-corrected chi connectivity index (χ0v) is 13.2. The topological polar surface area (TPSA) is 71.8 Å². The van der Waals surface area contributed by atoms with Crippen molar-refractivity contribution in [2.75, 3.05) is 11.5 Å². The highest BCUT2D eigenvalue weighted by atomic mass is 32.2. The Balaban J connectivity index is 2.24. The molecule has 1 aliphatic rings. The van der Waals surface area contributed by atoms with Crippen LogP contribution < -0.4 is 11.3 Å². The van der Waals surface area contributed by atoms with Gasteiger partial charge in [-0.05, 0) is 6.42 Å². The molecule has 1 aliphatic heterocycles. The number of aromatic nitrogens is 2. The molecule has 0 aromatic carbocycles. The van der Waals surface area contributed by atoms with Gasteiger partial charge in [0, 0.05) is 16.3 Å². The van der Waals surface area contributed by atoms with Gasteiger partial charge in [0.05, 0.1) is 10.8 Å². The molecule has 2 rings (SSSR count). The monoisotopic (exact) mass is 299 g/mol. The Labute approximate surface area is 122 Å². The van der Waals surface area contributed by atoms with E-state index in [0.717, 1.165) is 18.0 Å². The van der Waals surface area contributed by atoms with E-state index in [4.69, 9.17) is 5.73 Å². The molecule has 1 fully saturated rings. The maximum atomic E-state index is 12.0. The van der Waals surface area contributed by atoms with Crippen LogP contribution in [0.3, 0.4) is 0 Å². The van der Waals surface area contributed by atoms with Gasteiger partial charge >= 0.3 is 0 Å². The maximum Gasteiger partial charge on any atom is 0.256 e. The van der Waals surface area contributed by atoms with Crippen LogP contribution in [0.1, 0.15) is 43.8 Å². The Morgan fingerprint density at radius 2 is 2.16 bits per heavy atom. The molecular weight excluding hydrogens is 278 g/mol. The number of aromatic amines is 1. The van der Waals surface area contributed by atoms with Crippen LogP contribution in [0.15, 0.2) is 4.79 Å². The second kappa shape index (κ2) is 6.22. The zero-order chi connectivity index (χ0) is 14.0. The summed E-state index contributed by atoms with van der Waals surface area (Å²) in [5.41, 5.74) is 6.49. The van der Waals surface area contributed by atoms with E-state index in [0.29, 0.717) is 28.3 Å². The average Bonchev–Trinajstić information content (AvgIpc) is 2.37. The summed E-state index contributed by atoms with van der Waals surface area (Å²) >= 11 is 3.81. The predicted octanol–water partition coefficient (Wildman–Crippen LogP) is 2.60. The minimum Gasteiger partial charge on any atom is -0.383 e. The molecule has 0 bridgehead atoms. The van der Waals surface area contributed by atoms with Crippen molar-refractivity contribution in [3.05, 3.63) is 21.7 Å². The van der Waals surface area contributed by atoms with Gasteiger partial charge in [-0.3, -0.25) is 4.79 Å². The SMILES string of the molecule is CCCc1c(N)nc(C2CSC(C)C(C)S2)[nH]c1=O. The van der Waals surface area contributed by atoms with Gasteiger partial charge in [-0.1, -0.05) is 27.2 Å². The van der Waals surface area contributed by atoms with Crippen molar-refractivity contribution in [2.24, 2.45) is 0 Å². The van der Waals surface area contributed by atoms with Crippen molar-refractivity contribution >= 4 is 29.3 Å². The Kier molecular flexibility index (Phi) is 4.84. The minimum atomic E-state index is -0.0683. The minimum absolute atomic E-state index is 0.0683. The molecule has 0 saturated carbocycles. The van der Waals surface area contributed by atoms with Gasteiger partial charge in [0.1, 0.15) is 11.6 Å². The summed E-state index contributed by atoms with van der Waals surface area (Å²) < 4.78 is 0. The van der Waals surface area contributed by atoms with Crippen LogP contribution >= 0.6 is 23.5 Å². The summed E-state index contributed by atoms with van der Waals surface area (Å²) in [6, 6.07) is 0. The van der Waals surface area contributed by atoms with Crippen molar-refractivity contribution in [3.8, 4) is 0 Å². The van der Waals surface area contributed by atoms with Crippen LogP contribution in [-0.2, 0) is 6.42 Å². The summed E-state index contributed by atoms with van der Waals surface area (Å²) in [7, 11) is 0. The molecule has 3 unspecified atom stereocenters. The fraction of sp³-hybridized carbons (Fsp3) is 0.692. The predicted molar refractivity (Wildman–Crippen MR) is 85.0 cm³/mol. The number of anilines is 1.